The number of nitro groups is 1. The van der Waals surface area contributed by atoms with Gasteiger partial charge in [-0.15, -0.1) is 4.99 Å². The number of rotatable bonds is 9. The van der Waals surface area contributed by atoms with Gasteiger partial charge >= 0.3 is 22.1 Å². The minimum absolute atomic E-state index is 0.164. The maximum atomic E-state index is 11.2. The van der Waals surface area contributed by atoms with E-state index < -0.39 is 27.7 Å². The van der Waals surface area contributed by atoms with Crippen LogP contribution in [0.15, 0.2) is 29.3 Å². The van der Waals surface area contributed by atoms with Crippen molar-refractivity contribution in [3.8, 4) is 0 Å². The molecule has 1 aliphatic heterocycles. The van der Waals surface area contributed by atoms with Crippen LogP contribution >= 0.6 is 0 Å². The molecular weight excluding hydrogens is 436 g/mol. The summed E-state index contributed by atoms with van der Waals surface area (Å²) in [6.45, 7) is -0.501. The second-order valence-corrected chi connectivity index (χ2v) is 7.38. The summed E-state index contributed by atoms with van der Waals surface area (Å²) in [6, 6.07) is -0.233. The van der Waals surface area contributed by atoms with Crippen molar-refractivity contribution in [3.05, 3.63) is 45.9 Å². The number of hydrogen-bond donors (Lipinski definition) is 3. The zero-order chi connectivity index (χ0) is 22.6. The van der Waals surface area contributed by atoms with Crippen molar-refractivity contribution in [1.29, 1.82) is 0 Å². The third-order valence-corrected chi connectivity index (χ3v) is 4.65. The Morgan fingerprint density at radius 2 is 2.19 bits per heavy atom. The van der Waals surface area contributed by atoms with Gasteiger partial charge < -0.3 is 15.0 Å². The Morgan fingerprint density at radius 1 is 1.42 bits per heavy atom. The van der Waals surface area contributed by atoms with Crippen LogP contribution in [0.5, 0.6) is 0 Å². The fourth-order valence-corrected chi connectivity index (χ4v) is 3.20. The van der Waals surface area contributed by atoms with Gasteiger partial charge in [-0.3, -0.25) is 9.02 Å². The molecule has 0 aromatic carbocycles. The molecule has 168 valence electrons. The van der Waals surface area contributed by atoms with E-state index in [0.717, 1.165) is 5.71 Å². The van der Waals surface area contributed by atoms with Crippen LogP contribution < -0.4 is 10.6 Å². The minimum atomic E-state index is -4.27. The molecule has 3 rings (SSSR count). The van der Waals surface area contributed by atoms with Crippen molar-refractivity contribution in [3.63, 3.8) is 0 Å². The highest BCUT2D eigenvalue weighted by Crippen LogP contribution is 2.17. The van der Waals surface area contributed by atoms with Gasteiger partial charge in [-0.2, -0.15) is 13.8 Å². The van der Waals surface area contributed by atoms with Gasteiger partial charge in [0.1, 0.15) is 32.0 Å². The molecule has 0 bridgehead atoms. The first kappa shape index (κ1) is 22.5. The van der Waals surface area contributed by atoms with E-state index in [4.69, 9.17) is 14.8 Å². The smallest absolute Gasteiger partial charge is 0.360 e. The van der Waals surface area contributed by atoms with E-state index in [-0.39, 0.29) is 30.5 Å². The number of aromatic amines is 1. The Kier molecular flexibility index (Phi) is 6.76. The van der Waals surface area contributed by atoms with Crippen LogP contribution in [0.2, 0.25) is 0 Å². The molecule has 15 nitrogen and oxygen atoms in total. The lowest BCUT2D eigenvalue weighted by Crippen LogP contribution is -2.60. The Hall–Kier alpha value is -3.18. The third-order valence-electron chi connectivity index (χ3n) is 4.20. The van der Waals surface area contributed by atoms with E-state index in [1.165, 1.54) is 24.1 Å². The van der Waals surface area contributed by atoms with Gasteiger partial charge in [0.25, 0.3) is 0 Å². The molecule has 0 amide bonds. The number of nitrogens with one attached hydrogen (secondary N) is 2. The van der Waals surface area contributed by atoms with E-state index in [1.807, 2.05) is 24.3 Å². The zero-order valence-corrected chi connectivity index (χ0v) is 17.4. The topological polar surface area (TPSA) is 190 Å². The molecule has 1 aromatic heterocycles. The average molecular weight is 457 g/mol. The molecule has 1 aromatic rings. The summed E-state index contributed by atoms with van der Waals surface area (Å²) in [6.07, 6.45) is 7.66. The normalized spacial score (nSPS) is 20.1. The summed E-state index contributed by atoms with van der Waals surface area (Å²) in [5.74, 6) is 0.0663. The highest BCUT2D eigenvalue weighted by Gasteiger charge is 2.38. The second-order valence-electron chi connectivity index (χ2n) is 6.16. The molecule has 0 saturated heterocycles. The monoisotopic (exact) mass is 457 g/mol. The maximum Gasteiger partial charge on any atom is 0.442 e. The van der Waals surface area contributed by atoms with Crippen LogP contribution in [0.4, 0.5) is 5.82 Å². The predicted molar refractivity (Wildman–Crippen MR) is 105 cm³/mol. The number of guanidine groups is 1. The van der Waals surface area contributed by atoms with E-state index in [0.29, 0.717) is 5.96 Å². The molecule has 0 saturated carbocycles. The van der Waals surface area contributed by atoms with Gasteiger partial charge in [0.2, 0.25) is 0 Å². The zero-order valence-electron chi connectivity index (χ0n) is 16.6. The van der Waals surface area contributed by atoms with Crippen molar-refractivity contribution in [2.45, 2.75) is 19.1 Å². The van der Waals surface area contributed by atoms with Crippen LogP contribution in [0.3, 0.4) is 0 Å². The molecule has 2 heterocycles. The summed E-state index contributed by atoms with van der Waals surface area (Å²) >= 11 is 0. The number of nitrogens with two attached hydrogens (primary N) is 1. The summed E-state index contributed by atoms with van der Waals surface area (Å²) in [5.41, 5.74) is 3.55. The molecule has 2 aliphatic rings. The third kappa shape index (κ3) is 5.30. The lowest BCUT2D eigenvalue weighted by Gasteiger charge is -2.30. The molecule has 31 heavy (non-hydrogen) atoms. The molecular formula is C15H21N8O7S+. The van der Waals surface area contributed by atoms with Gasteiger partial charge in [-0.05, 0) is 16.2 Å². The van der Waals surface area contributed by atoms with Crippen molar-refractivity contribution in [1.82, 2.24) is 20.6 Å². The number of aromatic nitrogens is 2. The lowest BCUT2D eigenvalue weighted by atomic mass is 10.1. The molecule has 0 fully saturated rings. The SMILES string of the molecule is CON1NC(=NCCc2nc(COS(N)(=O)=O)c([N+](=O)[O-])[nH]2)[N+](OC)=C2C=CC=CC21. The van der Waals surface area contributed by atoms with Crippen LogP contribution in [0, 0.1) is 10.1 Å². The second kappa shape index (κ2) is 9.31. The molecule has 4 N–H and O–H groups in total. The number of fused-ring (bicyclic) bond motifs is 1. The number of nitrogens with zero attached hydrogens (tertiary/aromatic N) is 5. The summed E-state index contributed by atoms with van der Waals surface area (Å²) in [5, 5.41) is 17.4. The van der Waals surface area contributed by atoms with Crippen LogP contribution in [0.25, 0.3) is 0 Å². The van der Waals surface area contributed by atoms with Crippen molar-refractivity contribution >= 4 is 27.8 Å². The molecule has 1 unspecified atom stereocenters. The molecule has 16 heteroatoms. The Morgan fingerprint density at radius 3 is 2.84 bits per heavy atom. The first-order valence-electron chi connectivity index (χ1n) is 8.83. The quantitative estimate of drug-likeness (QED) is 0.231. The van der Waals surface area contributed by atoms with E-state index >= 15 is 0 Å². The lowest BCUT2D eigenvalue weighted by molar-refractivity contribution is -0.705. The van der Waals surface area contributed by atoms with E-state index in [9.17, 15) is 18.5 Å². The minimum Gasteiger partial charge on any atom is -0.360 e. The summed E-state index contributed by atoms with van der Waals surface area (Å²) < 4.78 is 27.8. The van der Waals surface area contributed by atoms with Gasteiger partial charge in [0.05, 0.1) is 13.5 Å². The standard InChI is InChI=1S/C15H21N8O7S/c1-28-21-11-5-3-4-6-12(11)22(29-2)20-15(21)17-8-7-13-18-10(9-30-31(16,26)27)14(19-13)23(24)25/h3-6,12H,7-9H2,1-2H3,(H,17,20)(H,18,19)(H2,16,26,27)/q+1. The molecule has 1 aliphatic carbocycles. The number of allylic oxidation sites excluding steroid dienone is 2. The highest BCUT2D eigenvalue weighted by molar-refractivity contribution is 7.84. The molecule has 0 spiro atoms. The summed E-state index contributed by atoms with van der Waals surface area (Å²) in [7, 11) is -1.28. The maximum absolute atomic E-state index is 11.2. The van der Waals surface area contributed by atoms with Gasteiger partial charge in [-0.25, -0.2) is 15.1 Å². The van der Waals surface area contributed by atoms with Crippen LogP contribution in [-0.4, -0.2) is 71.7 Å². The highest BCUT2D eigenvalue weighted by atomic mass is 32.2. The molecule has 0 radical (unpaired) electrons. The van der Waals surface area contributed by atoms with Crippen molar-refractivity contribution in [2.24, 2.45) is 10.1 Å². The fourth-order valence-electron chi connectivity index (χ4n) is 2.92. The van der Waals surface area contributed by atoms with Crippen LogP contribution in [0.1, 0.15) is 11.5 Å². The number of hydrogen-bond acceptors (Lipinski definition) is 10. The number of imidazole rings is 1. The van der Waals surface area contributed by atoms with Crippen molar-refractivity contribution < 1.29 is 31.9 Å². The first-order valence-corrected chi connectivity index (χ1v) is 10.3. The average Bonchev–Trinajstić information content (AvgIpc) is 3.14. The fraction of sp³-hybridized carbons (Fsp3) is 0.400. The molecule has 1 atom stereocenters. The largest absolute Gasteiger partial charge is 0.442 e. The van der Waals surface area contributed by atoms with Crippen molar-refractivity contribution in [2.75, 3.05) is 20.8 Å². The van der Waals surface area contributed by atoms with E-state index in [2.05, 4.69) is 24.6 Å². The number of hydroxylamine groups is 2. The number of hydrazine groups is 1. The summed E-state index contributed by atoms with van der Waals surface area (Å²) in [4.78, 5) is 32.2. The Bertz CT molecular complexity index is 1080. The Labute approximate surface area is 176 Å². The number of H-pyrrole nitrogens is 1. The van der Waals surface area contributed by atoms with Crippen LogP contribution in [-0.2, 0) is 37.2 Å². The van der Waals surface area contributed by atoms with Gasteiger partial charge in [-0.1, -0.05) is 23.0 Å². The Balaban J connectivity index is 1.77. The predicted octanol–water partition coefficient (Wildman–Crippen LogP) is -1.17. The number of aliphatic imine (C=N–C) groups is 1. The van der Waals surface area contributed by atoms with Gasteiger partial charge in [0.15, 0.2) is 11.5 Å². The first-order chi connectivity index (χ1) is 14.7. The van der Waals surface area contributed by atoms with E-state index in [1.54, 1.807) is 0 Å². The van der Waals surface area contributed by atoms with Gasteiger partial charge in [0, 0.05) is 0 Å².